The third-order valence-electron chi connectivity index (χ3n) is 5.91. The van der Waals surface area contributed by atoms with Crippen LogP contribution in [-0.2, 0) is 0 Å². The lowest BCUT2D eigenvalue weighted by Gasteiger charge is -2.26. The van der Waals surface area contributed by atoms with Crippen molar-refractivity contribution < 1.29 is 14.6 Å². The van der Waals surface area contributed by atoms with Crippen molar-refractivity contribution in [2.45, 2.75) is 19.3 Å². The first-order valence-corrected chi connectivity index (χ1v) is 12.1. The molecular weight excluding hydrogens is 418 g/mol. The number of fused-ring (bicyclic) bond motifs is 1. The number of phenols is 1. The number of benzene rings is 3. The summed E-state index contributed by atoms with van der Waals surface area (Å²) in [4.78, 5) is 3.62. The number of phenolic OH excluding ortho intramolecular Hbond substituents is 1. The molecule has 3 aromatic carbocycles. The predicted molar refractivity (Wildman–Crippen MR) is 131 cm³/mol. The van der Waals surface area contributed by atoms with Gasteiger partial charge in [0.25, 0.3) is 0 Å². The minimum Gasteiger partial charge on any atom is -0.508 e. The number of rotatable bonds is 7. The second-order valence-corrected chi connectivity index (χ2v) is 9.10. The minimum atomic E-state index is 0.248. The van der Waals surface area contributed by atoms with Crippen molar-refractivity contribution in [3.63, 3.8) is 0 Å². The molecule has 1 saturated heterocycles. The fraction of sp³-hybridized carbons (Fsp3) is 0.259. The summed E-state index contributed by atoms with van der Waals surface area (Å²) in [5.74, 6) is 2.66. The number of nitrogens with zero attached hydrogens (tertiary/aromatic N) is 1. The van der Waals surface area contributed by atoms with Crippen molar-refractivity contribution >= 4 is 22.1 Å². The Kier molecular flexibility index (Phi) is 6.28. The minimum absolute atomic E-state index is 0.248. The van der Waals surface area contributed by atoms with Gasteiger partial charge in [-0.3, -0.25) is 4.90 Å². The summed E-state index contributed by atoms with van der Waals surface area (Å²) >= 11 is 1.68. The Labute approximate surface area is 192 Å². The Morgan fingerprint density at radius 3 is 2.47 bits per heavy atom. The molecule has 0 bridgehead atoms. The Hall–Kier alpha value is -3.02. The van der Waals surface area contributed by atoms with Gasteiger partial charge >= 0.3 is 0 Å². The van der Waals surface area contributed by atoms with Gasteiger partial charge in [-0.2, -0.15) is 0 Å². The van der Waals surface area contributed by atoms with Crippen LogP contribution in [0.3, 0.4) is 0 Å². The summed E-state index contributed by atoms with van der Waals surface area (Å²) in [6.45, 7) is 4.05. The number of hydrogen-bond acceptors (Lipinski definition) is 5. The first kappa shape index (κ1) is 20.9. The van der Waals surface area contributed by atoms with Crippen LogP contribution in [0.2, 0.25) is 0 Å². The first-order valence-electron chi connectivity index (χ1n) is 11.2. The number of hydrogen-bond donors (Lipinski definition) is 1. The van der Waals surface area contributed by atoms with Crippen LogP contribution in [0.5, 0.6) is 23.0 Å². The van der Waals surface area contributed by atoms with Gasteiger partial charge < -0.3 is 14.6 Å². The molecule has 5 heteroatoms. The second-order valence-electron chi connectivity index (χ2n) is 8.15. The van der Waals surface area contributed by atoms with Crippen molar-refractivity contribution in [1.29, 1.82) is 0 Å². The Morgan fingerprint density at radius 2 is 1.69 bits per heavy atom. The summed E-state index contributed by atoms with van der Waals surface area (Å²) < 4.78 is 12.4. The normalized spacial score (nSPS) is 14.5. The van der Waals surface area contributed by atoms with Crippen molar-refractivity contribution in [1.82, 2.24) is 4.90 Å². The van der Waals surface area contributed by atoms with Gasteiger partial charge in [0.2, 0.25) is 0 Å². The van der Waals surface area contributed by atoms with Crippen LogP contribution in [0.15, 0.2) is 72.1 Å². The fourth-order valence-electron chi connectivity index (χ4n) is 4.22. The van der Waals surface area contributed by atoms with E-state index in [1.165, 1.54) is 32.4 Å². The SMILES string of the molecule is Oc1ccc2c(Oc3ccc(OCCN4CCCCC4)cc3)c(-c3cccs3)ccc2c1. The molecule has 1 N–H and O–H groups in total. The molecule has 1 aromatic heterocycles. The van der Waals surface area contributed by atoms with Crippen LogP contribution < -0.4 is 9.47 Å². The fourth-order valence-corrected chi connectivity index (χ4v) is 4.97. The van der Waals surface area contributed by atoms with Gasteiger partial charge in [-0.25, -0.2) is 0 Å². The van der Waals surface area contributed by atoms with Gasteiger partial charge in [0.05, 0.1) is 0 Å². The Bertz CT molecular complexity index is 1170. The molecular formula is C27H27NO3S. The third-order valence-corrected chi connectivity index (χ3v) is 6.81. The maximum absolute atomic E-state index is 9.89. The Morgan fingerprint density at radius 1 is 0.875 bits per heavy atom. The highest BCUT2D eigenvalue weighted by molar-refractivity contribution is 7.13. The lowest BCUT2D eigenvalue weighted by Crippen LogP contribution is -2.33. The third kappa shape index (κ3) is 4.74. The van der Waals surface area contributed by atoms with Gasteiger partial charge in [-0.15, -0.1) is 11.3 Å². The molecule has 4 nitrogen and oxygen atoms in total. The highest BCUT2D eigenvalue weighted by Crippen LogP contribution is 2.42. The van der Waals surface area contributed by atoms with Gasteiger partial charge in [-0.1, -0.05) is 18.6 Å². The largest absolute Gasteiger partial charge is 0.508 e. The average Bonchev–Trinajstić information content (AvgIpc) is 3.36. The van der Waals surface area contributed by atoms with E-state index in [9.17, 15) is 5.11 Å². The van der Waals surface area contributed by atoms with Crippen LogP contribution in [-0.4, -0.2) is 36.2 Å². The van der Waals surface area contributed by atoms with E-state index in [1.807, 2.05) is 42.5 Å². The van der Waals surface area contributed by atoms with Gasteiger partial charge in [-0.05, 0) is 91.3 Å². The van der Waals surface area contributed by atoms with Gasteiger partial charge in [0.1, 0.15) is 29.6 Å². The van der Waals surface area contributed by atoms with E-state index in [-0.39, 0.29) is 5.75 Å². The lowest BCUT2D eigenvalue weighted by molar-refractivity contribution is 0.183. The van der Waals surface area contributed by atoms with Crippen molar-refractivity contribution in [3.05, 3.63) is 72.1 Å². The smallest absolute Gasteiger partial charge is 0.143 e. The van der Waals surface area contributed by atoms with E-state index >= 15 is 0 Å². The van der Waals surface area contributed by atoms with Crippen LogP contribution in [0.25, 0.3) is 21.2 Å². The molecule has 0 saturated carbocycles. The molecule has 1 aliphatic rings. The summed E-state index contributed by atoms with van der Waals surface area (Å²) in [5, 5.41) is 13.9. The van der Waals surface area contributed by atoms with Crippen molar-refractivity contribution in [2.75, 3.05) is 26.2 Å². The number of ether oxygens (including phenoxy) is 2. The summed E-state index contributed by atoms with van der Waals surface area (Å²) in [5.41, 5.74) is 1.04. The van der Waals surface area contributed by atoms with E-state index in [0.717, 1.165) is 45.0 Å². The van der Waals surface area contributed by atoms with E-state index in [1.54, 1.807) is 23.5 Å². The molecule has 164 valence electrons. The van der Waals surface area contributed by atoms with E-state index in [4.69, 9.17) is 9.47 Å². The van der Waals surface area contributed by atoms with Crippen LogP contribution >= 0.6 is 11.3 Å². The molecule has 0 unspecified atom stereocenters. The maximum atomic E-state index is 9.89. The highest BCUT2D eigenvalue weighted by atomic mass is 32.1. The van der Waals surface area contributed by atoms with E-state index in [0.29, 0.717) is 6.61 Å². The average molecular weight is 446 g/mol. The topological polar surface area (TPSA) is 41.9 Å². The molecule has 0 spiro atoms. The number of thiophene rings is 1. The quantitative estimate of drug-likeness (QED) is 0.335. The van der Waals surface area contributed by atoms with Crippen molar-refractivity contribution in [2.24, 2.45) is 0 Å². The molecule has 32 heavy (non-hydrogen) atoms. The van der Waals surface area contributed by atoms with Crippen LogP contribution in [0, 0.1) is 0 Å². The zero-order valence-corrected chi connectivity index (χ0v) is 18.8. The molecule has 0 radical (unpaired) electrons. The molecule has 2 heterocycles. The highest BCUT2D eigenvalue weighted by Gasteiger charge is 2.14. The maximum Gasteiger partial charge on any atom is 0.143 e. The van der Waals surface area contributed by atoms with Crippen LogP contribution in [0.1, 0.15) is 19.3 Å². The van der Waals surface area contributed by atoms with Crippen LogP contribution in [0.4, 0.5) is 0 Å². The molecule has 0 aliphatic carbocycles. The molecule has 0 amide bonds. The standard InChI is InChI=1S/C27H27NO3S/c29-21-7-13-24-20(19-21)6-12-25(26-5-4-18-32-26)27(24)31-23-10-8-22(9-11-23)30-17-16-28-14-2-1-3-15-28/h4-13,18-19,29H,1-3,14-17H2. The summed E-state index contributed by atoms with van der Waals surface area (Å²) in [6, 6.07) is 21.4. The molecule has 1 fully saturated rings. The summed E-state index contributed by atoms with van der Waals surface area (Å²) in [6.07, 6.45) is 3.95. The number of likely N-dealkylation sites (tertiary alicyclic amines) is 1. The van der Waals surface area contributed by atoms with Gasteiger partial charge in [0, 0.05) is 22.4 Å². The number of aromatic hydroxyl groups is 1. The Balaban J connectivity index is 1.34. The lowest BCUT2D eigenvalue weighted by atomic mass is 10.0. The molecule has 0 atom stereocenters. The first-order chi connectivity index (χ1) is 15.8. The van der Waals surface area contributed by atoms with Crippen molar-refractivity contribution in [3.8, 4) is 33.4 Å². The molecule has 4 aromatic rings. The second kappa shape index (κ2) is 9.63. The molecule has 5 rings (SSSR count). The zero-order chi connectivity index (χ0) is 21.8. The number of piperidine rings is 1. The summed E-state index contributed by atoms with van der Waals surface area (Å²) in [7, 11) is 0. The van der Waals surface area contributed by atoms with E-state index < -0.39 is 0 Å². The molecule has 1 aliphatic heterocycles. The van der Waals surface area contributed by atoms with Gasteiger partial charge in [0.15, 0.2) is 0 Å². The van der Waals surface area contributed by atoms with E-state index in [2.05, 4.69) is 22.4 Å². The monoisotopic (exact) mass is 445 g/mol. The predicted octanol–water partition coefficient (Wildman–Crippen LogP) is 6.93. The zero-order valence-electron chi connectivity index (χ0n) is 18.0.